The van der Waals surface area contributed by atoms with Crippen LogP contribution < -0.4 is 10.9 Å². The molecular formula is C15H24ClN3O. The molecule has 0 spiro atoms. The maximum atomic E-state index is 12.5. The van der Waals surface area contributed by atoms with Gasteiger partial charge in [-0.1, -0.05) is 12.8 Å². The molecule has 0 bridgehead atoms. The molecule has 0 aromatic carbocycles. The fourth-order valence-corrected chi connectivity index (χ4v) is 3.17. The van der Waals surface area contributed by atoms with Gasteiger partial charge in [-0.2, -0.15) is 0 Å². The van der Waals surface area contributed by atoms with Gasteiger partial charge in [-0.05, 0) is 39.5 Å². The summed E-state index contributed by atoms with van der Waals surface area (Å²) in [6.07, 6.45) is 8.03. The van der Waals surface area contributed by atoms with Crippen LogP contribution in [0.15, 0.2) is 17.2 Å². The van der Waals surface area contributed by atoms with Crippen molar-refractivity contribution in [3.05, 3.63) is 22.7 Å². The van der Waals surface area contributed by atoms with Gasteiger partial charge in [0, 0.05) is 29.9 Å². The molecule has 1 aromatic heterocycles. The summed E-state index contributed by atoms with van der Waals surface area (Å²) in [5.74, 6) is 1.51. The molecule has 1 saturated carbocycles. The third kappa shape index (κ3) is 3.35. The van der Waals surface area contributed by atoms with E-state index in [0.29, 0.717) is 17.6 Å². The van der Waals surface area contributed by atoms with E-state index in [1.165, 1.54) is 12.8 Å². The average molecular weight is 298 g/mol. The summed E-state index contributed by atoms with van der Waals surface area (Å²) in [6.45, 7) is 6.04. The molecule has 1 aliphatic rings. The summed E-state index contributed by atoms with van der Waals surface area (Å²) < 4.78 is 1.72. The second-order valence-electron chi connectivity index (χ2n) is 6.57. The van der Waals surface area contributed by atoms with E-state index >= 15 is 0 Å². The molecule has 1 N–H and O–H groups in total. The summed E-state index contributed by atoms with van der Waals surface area (Å²) >= 11 is 6.04. The molecule has 1 aliphatic carbocycles. The summed E-state index contributed by atoms with van der Waals surface area (Å²) in [4.78, 5) is 16.7. The predicted molar refractivity (Wildman–Crippen MR) is 83.6 cm³/mol. The van der Waals surface area contributed by atoms with Crippen molar-refractivity contribution < 1.29 is 0 Å². The summed E-state index contributed by atoms with van der Waals surface area (Å²) in [7, 11) is 0. The number of nitrogens with zero attached hydrogens (tertiary/aromatic N) is 2. The standard InChI is InChI=1S/C15H24ClN3O/c1-15(2,3)19-9-8-17-13(14(19)20)18-12-7-5-4-6-11(12)10-16/h8-9,11-12H,4-7,10H2,1-3H3,(H,17,18). The maximum absolute atomic E-state index is 12.5. The zero-order valence-electron chi connectivity index (χ0n) is 12.5. The number of alkyl halides is 1. The fraction of sp³-hybridized carbons (Fsp3) is 0.733. The number of anilines is 1. The number of halogens is 1. The highest BCUT2D eigenvalue weighted by molar-refractivity contribution is 6.18. The minimum Gasteiger partial charge on any atom is -0.362 e. The van der Waals surface area contributed by atoms with Crippen LogP contribution in [0.1, 0.15) is 46.5 Å². The Morgan fingerprint density at radius 2 is 2.10 bits per heavy atom. The van der Waals surface area contributed by atoms with Crippen LogP contribution in [0.3, 0.4) is 0 Å². The van der Waals surface area contributed by atoms with E-state index < -0.39 is 0 Å². The number of aromatic nitrogens is 2. The lowest BCUT2D eigenvalue weighted by Gasteiger charge is -2.31. The van der Waals surface area contributed by atoms with Gasteiger partial charge >= 0.3 is 0 Å². The normalized spacial score (nSPS) is 23.6. The van der Waals surface area contributed by atoms with E-state index in [-0.39, 0.29) is 17.1 Å². The SMILES string of the molecule is CC(C)(C)n1ccnc(NC2CCCCC2CCl)c1=O. The maximum Gasteiger partial charge on any atom is 0.293 e. The minimum absolute atomic E-state index is 0.0566. The van der Waals surface area contributed by atoms with Crippen molar-refractivity contribution in [2.24, 2.45) is 5.92 Å². The number of hydrogen-bond donors (Lipinski definition) is 1. The van der Waals surface area contributed by atoms with E-state index in [9.17, 15) is 4.79 Å². The van der Waals surface area contributed by atoms with Crippen LogP contribution in [0.5, 0.6) is 0 Å². The third-order valence-corrected chi connectivity index (χ3v) is 4.39. The first-order chi connectivity index (χ1) is 9.43. The Balaban J connectivity index is 2.23. The summed E-state index contributed by atoms with van der Waals surface area (Å²) in [5.41, 5.74) is -0.298. The molecule has 1 heterocycles. The Morgan fingerprint density at radius 1 is 1.40 bits per heavy atom. The summed E-state index contributed by atoms with van der Waals surface area (Å²) in [5, 5.41) is 3.33. The van der Waals surface area contributed by atoms with E-state index in [4.69, 9.17) is 11.6 Å². The van der Waals surface area contributed by atoms with Crippen LogP contribution >= 0.6 is 11.6 Å². The number of nitrogens with one attached hydrogen (secondary N) is 1. The van der Waals surface area contributed by atoms with Gasteiger partial charge in [-0.25, -0.2) is 4.98 Å². The zero-order valence-corrected chi connectivity index (χ0v) is 13.3. The molecule has 1 fully saturated rings. The van der Waals surface area contributed by atoms with E-state index in [1.807, 2.05) is 20.8 Å². The van der Waals surface area contributed by atoms with E-state index in [2.05, 4.69) is 10.3 Å². The van der Waals surface area contributed by atoms with Crippen molar-refractivity contribution in [2.45, 2.75) is 58.0 Å². The van der Waals surface area contributed by atoms with Crippen molar-refractivity contribution in [1.29, 1.82) is 0 Å². The van der Waals surface area contributed by atoms with Crippen LogP contribution in [0.25, 0.3) is 0 Å². The topological polar surface area (TPSA) is 46.9 Å². The molecule has 5 heteroatoms. The van der Waals surface area contributed by atoms with Crippen molar-refractivity contribution >= 4 is 17.4 Å². The van der Waals surface area contributed by atoms with Gasteiger partial charge in [0.1, 0.15) is 0 Å². The minimum atomic E-state index is -0.241. The second-order valence-corrected chi connectivity index (χ2v) is 6.88. The Morgan fingerprint density at radius 3 is 2.75 bits per heavy atom. The van der Waals surface area contributed by atoms with Gasteiger partial charge in [-0.15, -0.1) is 11.6 Å². The lowest BCUT2D eigenvalue weighted by molar-refractivity contribution is 0.350. The van der Waals surface area contributed by atoms with E-state index in [1.54, 1.807) is 17.0 Å². The van der Waals surface area contributed by atoms with Crippen LogP contribution in [-0.4, -0.2) is 21.5 Å². The van der Waals surface area contributed by atoms with Gasteiger partial charge in [0.25, 0.3) is 5.56 Å². The van der Waals surface area contributed by atoms with Gasteiger partial charge in [0.05, 0.1) is 0 Å². The van der Waals surface area contributed by atoms with E-state index in [0.717, 1.165) is 12.8 Å². The third-order valence-electron chi connectivity index (χ3n) is 3.99. The molecule has 4 nitrogen and oxygen atoms in total. The van der Waals surface area contributed by atoms with Gasteiger partial charge in [-0.3, -0.25) is 4.79 Å². The molecule has 2 unspecified atom stereocenters. The van der Waals surface area contributed by atoms with Crippen molar-refractivity contribution in [1.82, 2.24) is 9.55 Å². The first-order valence-electron chi connectivity index (χ1n) is 7.34. The molecule has 0 radical (unpaired) electrons. The molecule has 112 valence electrons. The molecule has 0 aliphatic heterocycles. The molecule has 1 aromatic rings. The lowest BCUT2D eigenvalue weighted by Crippen LogP contribution is -2.39. The van der Waals surface area contributed by atoms with Gasteiger partial charge in [0.15, 0.2) is 5.82 Å². The highest BCUT2D eigenvalue weighted by Gasteiger charge is 2.26. The zero-order chi connectivity index (χ0) is 14.8. The Labute approximate surface area is 125 Å². The van der Waals surface area contributed by atoms with Crippen LogP contribution in [0, 0.1) is 5.92 Å². The number of hydrogen-bond acceptors (Lipinski definition) is 3. The predicted octanol–water partition coefficient (Wildman–Crippen LogP) is 3.21. The molecule has 0 saturated heterocycles. The molecule has 20 heavy (non-hydrogen) atoms. The Kier molecular flexibility index (Phi) is 4.74. The van der Waals surface area contributed by atoms with Crippen molar-refractivity contribution in [3.8, 4) is 0 Å². The molecule has 0 amide bonds. The van der Waals surface area contributed by atoms with Crippen LogP contribution in [0.2, 0.25) is 0 Å². The van der Waals surface area contributed by atoms with Gasteiger partial charge < -0.3 is 9.88 Å². The Hall–Kier alpha value is -1.03. The second kappa shape index (κ2) is 6.17. The number of rotatable bonds is 3. The molecule has 2 atom stereocenters. The highest BCUT2D eigenvalue weighted by Crippen LogP contribution is 2.27. The highest BCUT2D eigenvalue weighted by atomic mass is 35.5. The largest absolute Gasteiger partial charge is 0.362 e. The van der Waals surface area contributed by atoms with Crippen LogP contribution in [-0.2, 0) is 5.54 Å². The van der Waals surface area contributed by atoms with Crippen molar-refractivity contribution in [3.63, 3.8) is 0 Å². The average Bonchev–Trinajstić information content (AvgIpc) is 2.40. The quantitative estimate of drug-likeness (QED) is 0.872. The lowest BCUT2D eigenvalue weighted by atomic mass is 9.86. The monoisotopic (exact) mass is 297 g/mol. The first kappa shape index (κ1) is 15.4. The first-order valence-corrected chi connectivity index (χ1v) is 7.87. The molecular weight excluding hydrogens is 274 g/mol. The molecule has 2 rings (SSSR count). The fourth-order valence-electron chi connectivity index (χ4n) is 2.80. The van der Waals surface area contributed by atoms with Gasteiger partial charge in [0.2, 0.25) is 0 Å². The Bertz CT molecular complexity index is 507. The summed E-state index contributed by atoms with van der Waals surface area (Å²) in [6, 6.07) is 0.261. The van der Waals surface area contributed by atoms with Crippen LogP contribution in [0.4, 0.5) is 5.82 Å². The smallest absolute Gasteiger partial charge is 0.293 e. The van der Waals surface area contributed by atoms with Crippen molar-refractivity contribution in [2.75, 3.05) is 11.2 Å².